The van der Waals surface area contributed by atoms with E-state index in [0.29, 0.717) is 11.4 Å². The molecule has 8 heteroatoms. The van der Waals surface area contributed by atoms with E-state index in [0.717, 1.165) is 32.5 Å². The molecule has 4 heterocycles. The summed E-state index contributed by atoms with van der Waals surface area (Å²) in [4.78, 5) is 20.6. The van der Waals surface area contributed by atoms with E-state index in [9.17, 15) is 4.79 Å². The van der Waals surface area contributed by atoms with Gasteiger partial charge in [-0.05, 0) is 43.0 Å². The molecule has 1 atom stereocenters. The maximum atomic E-state index is 12.5. The molecule has 0 spiro atoms. The minimum Gasteiger partial charge on any atom is -0.348 e. The number of rotatable bonds is 5. The van der Waals surface area contributed by atoms with Gasteiger partial charge < -0.3 is 5.32 Å². The molecule has 0 saturated carbocycles. The first-order valence-electron chi connectivity index (χ1n) is 8.64. The second-order valence-electron chi connectivity index (χ2n) is 6.40. The van der Waals surface area contributed by atoms with Crippen LogP contribution in [0.1, 0.15) is 28.1 Å². The summed E-state index contributed by atoms with van der Waals surface area (Å²) in [6, 6.07) is 8.00. The van der Waals surface area contributed by atoms with Gasteiger partial charge in [-0.2, -0.15) is 0 Å². The Kier molecular flexibility index (Phi) is 5.03. The fourth-order valence-electron chi connectivity index (χ4n) is 3.20. The number of thiophene rings is 1. The Morgan fingerprint density at radius 2 is 2.15 bits per heavy atom. The highest BCUT2D eigenvalue weighted by Gasteiger charge is 2.22. The van der Waals surface area contributed by atoms with Gasteiger partial charge in [-0.3, -0.25) is 14.3 Å². The van der Waals surface area contributed by atoms with Crippen LogP contribution in [0.2, 0.25) is 0 Å². The van der Waals surface area contributed by atoms with Crippen LogP contribution in [0.25, 0.3) is 5.82 Å². The second kappa shape index (κ2) is 7.76. The smallest absolute Gasteiger partial charge is 0.253 e. The second-order valence-corrected chi connectivity index (χ2v) is 7.43. The quantitative estimate of drug-likeness (QED) is 0.747. The Morgan fingerprint density at radius 1 is 1.27 bits per heavy atom. The van der Waals surface area contributed by atoms with Gasteiger partial charge in [0.25, 0.3) is 5.91 Å². The van der Waals surface area contributed by atoms with E-state index < -0.39 is 0 Å². The number of nitrogens with one attached hydrogen (secondary N) is 1. The molecule has 134 valence electrons. The zero-order valence-corrected chi connectivity index (χ0v) is 15.1. The third-order valence-electron chi connectivity index (χ3n) is 4.49. The van der Waals surface area contributed by atoms with Crippen LogP contribution in [0.3, 0.4) is 0 Å². The van der Waals surface area contributed by atoms with E-state index in [1.165, 1.54) is 4.88 Å². The molecule has 3 aromatic heterocycles. The van der Waals surface area contributed by atoms with Crippen LogP contribution < -0.4 is 5.32 Å². The molecule has 1 aliphatic rings. The number of likely N-dealkylation sites (tertiary alicyclic amines) is 1. The maximum Gasteiger partial charge on any atom is 0.253 e. The molecule has 4 rings (SSSR count). The Labute approximate surface area is 155 Å². The van der Waals surface area contributed by atoms with Crippen LogP contribution in [0.5, 0.6) is 0 Å². The molecule has 1 saturated heterocycles. The molecule has 26 heavy (non-hydrogen) atoms. The van der Waals surface area contributed by atoms with Crippen LogP contribution >= 0.6 is 11.3 Å². The summed E-state index contributed by atoms with van der Waals surface area (Å²) in [6.45, 7) is 2.93. The van der Waals surface area contributed by atoms with Gasteiger partial charge >= 0.3 is 0 Å². The van der Waals surface area contributed by atoms with Gasteiger partial charge in [0.05, 0.1) is 5.56 Å². The third-order valence-corrected chi connectivity index (χ3v) is 5.35. The van der Waals surface area contributed by atoms with Crippen molar-refractivity contribution in [3.05, 3.63) is 58.9 Å². The number of nitrogens with zero attached hydrogens (tertiary/aromatic N) is 5. The van der Waals surface area contributed by atoms with E-state index in [4.69, 9.17) is 0 Å². The van der Waals surface area contributed by atoms with Crippen LogP contribution in [0.4, 0.5) is 0 Å². The van der Waals surface area contributed by atoms with Gasteiger partial charge in [-0.25, -0.2) is 4.98 Å². The predicted octanol–water partition coefficient (Wildman–Crippen LogP) is 2.12. The van der Waals surface area contributed by atoms with Crippen LogP contribution in [-0.2, 0) is 6.54 Å². The minimum atomic E-state index is -0.0734. The SMILES string of the molecule is O=C(N[C@@H]1CCCN(Cc2cccs2)C1)c1ccc(-n2cnnc2)nc1. The fourth-order valence-corrected chi connectivity index (χ4v) is 3.95. The Balaban J connectivity index is 1.35. The fraction of sp³-hybridized carbons (Fsp3) is 0.333. The molecule has 0 bridgehead atoms. The number of piperidine rings is 1. The van der Waals surface area contributed by atoms with E-state index in [1.807, 2.05) is 0 Å². The molecule has 1 aliphatic heterocycles. The number of pyridine rings is 1. The highest BCUT2D eigenvalue weighted by molar-refractivity contribution is 7.09. The van der Waals surface area contributed by atoms with Crippen molar-refractivity contribution in [3.8, 4) is 5.82 Å². The molecule has 7 nitrogen and oxygen atoms in total. The molecule has 0 radical (unpaired) electrons. The van der Waals surface area contributed by atoms with Crippen molar-refractivity contribution in [1.82, 2.24) is 30.0 Å². The monoisotopic (exact) mass is 368 g/mol. The minimum absolute atomic E-state index is 0.0734. The molecule has 1 fully saturated rings. The van der Waals surface area contributed by atoms with Crippen molar-refractivity contribution in [2.24, 2.45) is 0 Å². The lowest BCUT2D eigenvalue weighted by atomic mass is 10.1. The summed E-state index contributed by atoms with van der Waals surface area (Å²) in [6.07, 6.45) is 6.86. The molecule has 0 unspecified atom stereocenters. The molecular formula is C18H20N6OS. The molecule has 1 N–H and O–H groups in total. The first kappa shape index (κ1) is 16.9. The molecule has 0 aliphatic carbocycles. The highest BCUT2D eigenvalue weighted by atomic mass is 32.1. The first-order chi connectivity index (χ1) is 12.8. The van der Waals surface area contributed by atoms with Crippen LogP contribution in [0.15, 0.2) is 48.5 Å². The zero-order chi connectivity index (χ0) is 17.8. The lowest BCUT2D eigenvalue weighted by Gasteiger charge is -2.32. The Hall–Kier alpha value is -2.58. The summed E-state index contributed by atoms with van der Waals surface area (Å²) in [7, 11) is 0. The number of carbonyl (C=O) groups excluding carboxylic acids is 1. The highest BCUT2D eigenvalue weighted by Crippen LogP contribution is 2.17. The standard InChI is InChI=1S/C18H20N6OS/c25-18(14-5-6-17(19-9-14)24-12-20-21-13-24)22-15-3-1-7-23(10-15)11-16-4-2-8-26-16/h2,4-6,8-9,12-13,15H,1,3,7,10-11H2,(H,22,25)/t15-/m1/s1. The Morgan fingerprint density at radius 3 is 2.88 bits per heavy atom. The van der Waals surface area contributed by atoms with E-state index in [-0.39, 0.29) is 11.9 Å². The average molecular weight is 368 g/mol. The van der Waals surface area contributed by atoms with E-state index in [1.54, 1.807) is 46.9 Å². The van der Waals surface area contributed by atoms with Crippen molar-refractivity contribution in [3.63, 3.8) is 0 Å². The van der Waals surface area contributed by atoms with Gasteiger partial charge in [0, 0.05) is 30.2 Å². The van der Waals surface area contributed by atoms with Gasteiger partial charge in [0.1, 0.15) is 18.5 Å². The summed E-state index contributed by atoms with van der Waals surface area (Å²) >= 11 is 1.78. The normalized spacial score (nSPS) is 17.9. The Bertz CT molecular complexity index is 831. The zero-order valence-electron chi connectivity index (χ0n) is 14.3. The summed E-state index contributed by atoms with van der Waals surface area (Å²) in [5.41, 5.74) is 0.567. The first-order valence-corrected chi connectivity index (χ1v) is 9.52. The van der Waals surface area contributed by atoms with Gasteiger partial charge in [0.15, 0.2) is 0 Å². The van der Waals surface area contributed by atoms with Gasteiger partial charge in [0.2, 0.25) is 0 Å². The van der Waals surface area contributed by atoms with Crippen LogP contribution in [0, 0.1) is 0 Å². The number of carbonyl (C=O) groups is 1. The summed E-state index contributed by atoms with van der Waals surface area (Å²) in [5.74, 6) is 0.613. The number of amides is 1. The van der Waals surface area contributed by atoms with Crippen molar-refractivity contribution < 1.29 is 4.79 Å². The van der Waals surface area contributed by atoms with Gasteiger partial charge in [-0.15, -0.1) is 21.5 Å². The maximum absolute atomic E-state index is 12.5. The number of hydrogen-bond donors (Lipinski definition) is 1. The predicted molar refractivity (Wildman–Crippen MR) is 99.2 cm³/mol. The largest absolute Gasteiger partial charge is 0.348 e. The molecule has 0 aromatic carbocycles. The van der Waals surface area contributed by atoms with E-state index in [2.05, 4.69) is 42.9 Å². The average Bonchev–Trinajstić information content (AvgIpc) is 3.36. The topological polar surface area (TPSA) is 75.9 Å². The molecular weight excluding hydrogens is 348 g/mol. The number of aromatic nitrogens is 4. The van der Waals surface area contributed by atoms with Crippen molar-refractivity contribution >= 4 is 17.2 Å². The van der Waals surface area contributed by atoms with Crippen molar-refractivity contribution in [1.29, 1.82) is 0 Å². The summed E-state index contributed by atoms with van der Waals surface area (Å²) in [5, 5.41) is 12.8. The lowest BCUT2D eigenvalue weighted by molar-refractivity contribution is 0.0901. The van der Waals surface area contributed by atoms with Crippen molar-refractivity contribution in [2.75, 3.05) is 13.1 Å². The molecule has 1 amide bonds. The van der Waals surface area contributed by atoms with Crippen LogP contribution in [-0.4, -0.2) is 49.7 Å². The lowest BCUT2D eigenvalue weighted by Crippen LogP contribution is -2.47. The summed E-state index contributed by atoms with van der Waals surface area (Å²) < 4.78 is 1.70. The number of hydrogen-bond acceptors (Lipinski definition) is 6. The molecule has 3 aromatic rings. The van der Waals surface area contributed by atoms with Gasteiger partial charge in [-0.1, -0.05) is 6.07 Å². The third kappa shape index (κ3) is 3.97. The van der Waals surface area contributed by atoms with E-state index >= 15 is 0 Å². The van der Waals surface area contributed by atoms with Crippen molar-refractivity contribution in [2.45, 2.75) is 25.4 Å².